The van der Waals surface area contributed by atoms with Crippen molar-refractivity contribution in [1.82, 2.24) is 4.90 Å². The lowest BCUT2D eigenvalue weighted by Crippen LogP contribution is -2.49. The second-order valence-electron chi connectivity index (χ2n) is 7.15. The van der Waals surface area contributed by atoms with Crippen LogP contribution in [0.15, 0.2) is 18.2 Å². The molecular formula is C17H24N2O4. The molecule has 1 saturated heterocycles. The molecule has 1 amide bonds. The summed E-state index contributed by atoms with van der Waals surface area (Å²) >= 11 is 0. The molecule has 23 heavy (non-hydrogen) atoms. The highest BCUT2D eigenvalue weighted by Crippen LogP contribution is 2.39. The molecule has 0 radical (unpaired) electrons. The number of methoxy groups -OCH3 is 1. The molecule has 1 N–H and O–H groups in total. The molecule has 1 unspecified atom stereocenters. The largest absolute Gasteiger partial charge is 0.497 e. The highest BCUT2D eigenvalue weighted by molar-refractivity contribution is 5.69. The Kier molecular flexibility index (Phi) is 3.78. The van der Waals surface area contributed by atoms with Gasteiger partial charge in [0.1, 0.15) is 22.7 Å². The van der Waals surface area contributed by atoms with E-state index in [9.17, 15) is 4.79 Å². The van der Waals surface area contributed by atoms with Crippen LogP contribution >= 0.6 is 0 Å². The van der Waals surface area contributed by atoms with Gasteiger partial charge in [0.25, 0.3) is 0 Å². The Balaban J connectivity index is 1.71. The maximum absolute atomic E-state index is 12.2. The zero-order valence-electron chi connectivity index (χ0n) is 14.1. The van der Waals surface area contributed by atoms with Gasteiger partial charge in [0.15, 0.2) is 0 Å². The van der Waals surface area contributed by atoms with Gasteiger partial charge in [0, 0.05) is 19.0 Å². The number of ether oxygens (including phenoxy) is 3. The number of rotatable bonds is 1. The van der Waals surface area contributed by atoms with Crippen LogP contribution in [0.3, 0.4) is 0 Å². The fraction of sp³-hybridized carbons (Fsp3) is 0.588. The van der Waals surface area contributed by atoms with Crippen molar-refractivity contribution < 1.29 is 19.0 Å². The molecule has 1 atom stereocenters. The number of amides is 1. The van der Waals surface area contributed by atoms with E-state index in [2.05, 4.69) is 5.32 Å². The van der Waals surface area contributed by atoms with E-state index in [1.165, 1.54) is 0 Å². The molecule has 2 aliphatic heterocycles. The molecule has 0 aromatic heterocycles. The zero-order valence-corrected chi connectivity index (χ0v) is 14.1. The van der Waals surface area contributed by atoms with Gasteiger partial charge in [0.2, 0.25) is 0 Å². The van der Waals surface area contributed by atoms with Gasteiger partial charge < -0.3 is 24.4 Å². The minimum Gasteiger partial charge on any atom is -0.497 e. The predicted molar refractivity (Wildman–Crippen MR) is 87.3 cm³/mol. The molecule has 1 aromatic carbocycles. The maximum Gasteiger partial charge on any atom is 0.410 e. The molecule has 1 fully saturated rings. The summed E-state index contributed by atoms with van der Waals surface area (Å²) in [6.07, 6.45) is 0.491. The Labute approximate surface area is 136 Å². The summed E-state index contributed by atoms with van der Waals surface area (Å²) < 4.78 is 16.9. The summed E-state index contributed by atoms with van der Waals surface area (Å²) in [4.78, 5) is 14.0. The van der Waals surface area contributed by atoms with E-state index in [4.69, 9.17) is 14.2 Å². The molecule has 6 heteroatoms. The van der Waals surface area contributed by atoms with Gasteiger partial charge in [-0.25, -0.2) is 4.79 Å². The quantitative estimate of drug-likeness (QED) is 0.862. The number of nitrogens with one attached hydrogen (secondary N) is 1. The van der Waals surface area contributed by atoms with Crippen LogP contribution in [0, 0.1) is 0 Å². The standard InChI is InChI=1S/C17H24N2O4/c1-16(2,3)23-15(20)19-8-7-17(11-19)10-18-13-6-5-12(21-4)9-14(13)22-17/h5-6,9,18H,7-8,10-11H2,1-4H3. The van der Waals surface area contributed by atoms with Crippen molar-refractivity contribution in [2.75, 3.05) is 32.1 Å². The Bertz CT molecular complexity index is 611. The number of fused-ring (bicyclic) bond motifs is 1. The number of nitrogens with zero attached hydrogens (tertiary/aromatic N) is 1. The van der Waals surface area contributed by atoms with Gasteiger partial charge in [-0.3, -0.25) is 0 Å². The van der Waals surface area contributed by atoms with Crippen molar-refractivity contribution in [3.8, 4) is 11.5 Å². The van der Waals surface area contributed by atoms with Gasteiger partial charge in [-0.2, -0.15) is 0 Å². The average Bonchev–Trinajstić information content (AvgIpc) is 2.88. The van der Waals surface area contributed by atoms with E-state index < -0.39 is 11.2 Å². The van der Waals surface area contributed by atoms with Crippen molar-refractivity contribution in [2.24, 2.45) is 0 Å². The van der Waals surface area contributed by atoms with Crippen molar-refractivity contribution in [1.29, 1.82) is 0 Å². The molecule has 126 valence electrons. The lowest BCUT2D eigenvalue weighted by atomic mass is 10.0. The number of carbonyl (C=O) groups excluding carboxylic acids is 1. The molecule has 1 aromatic rings. The van der Waals surface area contributed by atoms with E-state index in [-0.39, 0.29) is 6.09 Å². The Morgan fingerprint density at radius 2 is 2.17 bits per heavy atom. The minimum absolute atomic E-state index is 0.283. The monoisotopic (exact) mass is 320 g/mol. The second-order valence-corrected chi connectivity index (χ2v) is 7.15. The topological polar surface area (TPSA) is 60.0 Å². The average molecular weight is 320 g/mol. The molecule has 0 saturated carbocycles. The summed E-state index contributed by atoms with van der Waals surface area (Å²) in [5, 5.41) is 3.40. The summed E-state index contributed by atoms with van der Waals surface area (Å²) in [5.74, 6) is 1.52. The highest BCUT2D eigenvalue weighted by Gasteiger charge is 2.45. The molecule has 0 aliphatic carbocycles. The van der Waals surface area contributed by atoms with Gasteiger partial charge in [0.05, 0.1) is 25.9 Å². The highest BCUT2D eigenvalue weighted by atomic mass is 16.6. The van der Waals surface area contributed by atoms with Crippen LogP contribution in [-0.4, -0.2) is 48.9 Å². The number of benzene rings is 1. The first kappa shape index (κ1) is 15.8. The zero-order chi connectivity index (χ0) is 16.7. The molecule has 2 aliphatic rings. The Morgan fingerprint density at radius 1 is 1.39 bits per heavy atom. The minimum atomic E-state index is -0.488. The van der Waals surface area contributed by atoms with Gasteiger partial charge in [-0.1, -0.05) is 0 Å². The molecule has 0 bridgehead atoms. The smallest absolute Gasteiger partial charge is 0.410 e. The van der Waals surface area contributed by atoms with Crippen LogP contribution in [0.2, 0.25) is 0 Å². The lowest BCUT2D eigenvalue weighted by molar-refractivity contribution is 0.0216. The van der Waals surface area contributed by atoms with Crippen molar-refractivity contribution in [3.05, 3.63) is 18.2 Å². The van der Waals surface area contributed by atoms with E-state index in [1.54, 1.807) is 12.0 Å². The molecule has 2 heterocycles. The molecular weight excluding hydrogens is 296 g/mol. The fourth-order valence-corrected chi connectivity index (χ4v) is 2.94. The summed E-state index contributed by atoms with van der Waals surface area (Å²) in [6.45, 7) is 7.45. The third kappa shape index (κ3) is 3.30. The van der Waals surface area contributed by atoms with Crippen LogP contribution in [0.4, 0.5) is 10.5 Å². The number of carbonyl (C=O) groups is 1. The molecule has 3 rings (SSSR count). The van der Waals surface area contributed by atoms with Gasteiger partial charge in [-0.05, 0) is 32.9 Å². The summed E-state index contributed by atoms with van der Waals surface area (Å²) in [5.41, 5.74) is 0.0570. The van der Waals surface area contributed by atoms with E-state index in [1.807, 2.05) is 39.0 Å². The number of anilines is 1. The third-order valence-electron chi connectivity index (χ3n) is 4.08. The van der Waals surface area contributed by atoms with Crippen LogP contribution in [0.25, 0.3) is 0 Å². The van der Waals surface area contributed by atoms with Crippen LogP contribution in [0.1, 0.15) is 27.2 Å². The lowest BCUT2D eigenvalue weighted by Gasteiger charge is -2.36. The number of hydrogen-bond donors (Lipinski definition) is 1. The molecule has 1 spiro atoms. The number of hydrogen-bond acceptors (Lipinski definition) is 5. The van der Waals surface area contributed by atoms with Crippen LogP contribution in [0.5, 0.6) is 11.5 Å². The van der Waals surface area contributed by atoms with Crippen molar-refractivity contribution >= 4 is 11.8 Å². The van der Waals surface area contributed by atoms with E-state index in [0.717, 1.165) is 23.6 Å². The second kappa shape index (κ2) is 5.51. The summed E-state index contributed by atoms with van der Waals surface area (Å²) in [7, 11) is 1.63. The van der Waals surface area contributed by atoms with Crippen LogP contribution < -0.4 is 14.8 Å². The maximum atomic E-state index is 12.2. The molecule has 6 nitrogen and oxygen atoms in total. The van der Waals surface area contributed by atoms with Gasteiger partial charge >= 0.3 is 6.09 Å². The first-order chi connectivity index (χ1) is 10.8. The first-order valence-corrected chi connectivity index (χ1v) is 7.89. The van der Waals surface area contributed by atoms with Crippen LogP contribution in [-0.2, 0) is 4.74 Å². The van der Waals surface area contributed by atoms with Gasteiger partial charge in [-0.15, -0.1) is 0 Å². The Hall–Kier alpha value is -2.11. The predicted octanol–water partition coefficient (Wildman–Crippen LogP) is 2.88. The summed E-state index contributed by atoms with van der Waals surface area (Å²) in [6, 6.07) is 5.72. The number of likely N-dealkylation sites (tertiary alicyclic amines) is 1. The SMILES string of the molecule is COc1ccc2c(c1)OC1(CCN(C(=O)OC(C)(C)C)C1)CN2. The first-order valence-electron chi connectivity index (χ1n) is 7.89. The van der Waals surface area contributed by atoms with E-state index >= 15 is 0 Å². The Morgan fingerprint density at radius 3 is 2.87 bits per heavy atom. The third-order valence-corrected chi connectivity index (χ3v) is 4.08. The van der Waals surface area contributed by atoms with Crippen molar-refractivity contribution in [2.45, 2.75) is 38.4 Å². The van der Waals surface area contributed by atoms with Crippen molar-refractivity contribution in [3.63, 3.8) is 0 Å². The fourth-order valence-electron chi connectivity index (χ4n) is 2.94. The normalized spacial score (nSPS) is 23.0. The van der Waals surface area contributed by atoms with E-state index in [0.29, 0.717) is 19.6 Å².